The van der Waals surface area contributed by atoms with Gasteiger partial charge in [-0.1, -0.05) is 200 Å². The molecule has 6 aliphatic rings. The topological polar surface area (TPSA) is 3.24 Å². The lowest BCUT2D eigenvalue weighted by Gasteiger charge is -2.34. The first kappa shape index (κ1) is 48.0. The van der Waals surface area contributed by atoms with E-state index in [1.165, 1.54) is 0 Å². The largest absolute Gasteiger partial charge is 0.311 e. The van der Waals surface area contributed by atoms with E-state index in [2.05, 4.69) is 242 Å². The van der Waals surface area contributed by atoms with Crippen LogP contribution in [-0.2, 0) is 16.2 Å². The molecule has 0 fully saturated rings. The van der Waals surface area contributed by atoms with E-state index in [0.717, 1.165) is 151 Å². The lowest BCUT2D eigenvalue weighted by atomic mass is 9.68. The zero-order valence-electron chi connectivity index (χ0n) is 45.8. The maximum absolute atomic E-state index is 15.7. The zero-order chi connectivity index (χ0) is 56.3. The van der Waals surface area contributed by atoms with Crippen molar-refractivity contribution in [1.29, 1.82) is 0 Å². The van der Waals surface area contributed by atoms with E-state index in [4.69, 9.17) is 0 Å². The lowest BCUT2D eigenvalue weighted by molar-refractivity contribution is 0.622. The van der Waals surface area contributed by atoms with Gasteiger partial charge in [0.25, 0.3) is 0 Å². The molecule has 12 aromatic rings. The summed E-state index contributed by atoms with van der Waals surface area (Å²) in [6, 6.07) is 93.8. The summed E-state index contributed by atoms with van der Waals surface area (Å²) < 4.78 is 47.0. The van der Waals surface area contributed by atoms with E-state index in [9.17, 15) is 0 Å². The van der Waals surface area contributed by atoms with Gasteiger partial charge in [-0.05, 0) is 225 Å². The summed E-state index contributed by atoms with van der Waals surface area (Å²) in [7, 11) is 0. The number of hydrogen-bond acceptors (Lipinski definition) is 1. The van der Waals surface area contributed by atoms with E-state index >= 15 is 13.2 Å². The molecule has 4 heteroatoms. The van der Waals surface area contributed by atoms with Crippen molar-refractivity contribution in [2.45, 2.75) is 16.2 Å². The highest BCUT2D eigenvalue weighted by Crippen LogP contribution is 2.66. The van der Waals surface area contributed by atoms with Crippen LogP contribution >= 0.6 is 0 Å². The van der Waals surface area contributed by atoms with Crippen molar-refractivity contribution in [1.82, 2.24) is 0 Å². The molecule has 3 spiro atoms. The predicted octanol–water partition coefficient (Wildman–Crippen LogP) is 20.2. The quantitative estimate of drug-likeness (QED) is 0.160. The van der Waals surface area contributed by atoms with Crippen molar-refractivity contribution in [3.63, 3.8) is 0 Å². The average Bonchev–Trinajstić information content (AvgIpc) is 1.90. The summed E-state index contributed by atoms with van der Waals surface area (Å²) in [6.07, 6.45) is 6.78. The third-order valence-electron chi connectivity index (χ3n) is 19.5. The van der Waals surface area contributed by atoms with Crippen molar-refractivity contribution in [3.8, 4) is 33.4 Å². The first-order valence-electron chi connectivity index (χ1n) is 29.1. The third kappa shape index (κ3) is 6.28. The fourth-order valence-electron chi connectivity index (χ4n) is 16.3. The molecule has 18 rings (SSSR count). The Morgan fingerprint density at radius 1 is 0.224 bits per heavy atom. The predicted molar refractivity (Wildman–Crippen MR) is 339 cm³/mol. The molecule has 0 aliphatic heterocycles. The van der Waals surface area contributed by atoms with Crippen LogP contribution in [-0.4, -0.2) is 0 Å². The van der Waals surface area contributed by atoms with Gasteiger partial charge in [0.1, 0.15) is 17.5 Å². The van der Waals surface area contributed by atoms with E-state index in [1.807, 2.05) is 18.2 Å². The normalized spacial score (nSPS) is 15.5. The molecule has 0 radical (unpaired) electrons. The van der Waals surface area contributed by atoms with Crippen LogP contribution in [0.15, 0.2) is 273 Å². The Hall–Kier alpha value is -10.6. The molecule has 0 amide bonds. The van der Waals surface area contributed by atoms with Gasteiger partial charge in [-0.25, -0.2) is 13.2 Å². The van der Waals surface area contributed by atoms with Crippen molar-refractivity contribution >= 4 is 52.0 Å². The van der Waals surface area contributed by atoms with Gasteiger partial charge in [-0.3, -0.25) is 0 Å². The SMILES string of the molecule is Fc1ccc2c(c1)C1(C(c3ccc(N(c4ccc(C5=Cc6ccc(F)cc6C56c5ccccc5-c5ccccc56)cc4)c4ccc(C5=Cc6ccc(F)cc6C56c5ccccc5-c5ccccc56)cc4)cc3)=C2)c2ccccc2-c2ccccc21. The molecule has 398 valence electrons. The maximum atomic E-state index is 15.7. The van der Waals surface area contributed by atoms with Gasteiger partial charge in [0.2, 0.25) is 0 Å². The van der Waals surface area contributed by atoms with Gasteiger partial charge in [0, 0.05) is 17.1 Å². The third-order valence-corrected chi connectivity index (χ3v) is 19.5. The second-order valence-electron chi connectivity index (χ2n) is 23.4. The Labute approximate surface area is 490 Å². The van der Waals surface area contributed by atoms with Crippen LogP contribution in [0.3, 0.4) is 0 Å². The molecule has 6 aliphatic carbocycles. The molecule has 0 saturated heterocycles. The van der Waals surface area contributed by atoms with E-state index in [-0.39, 0.29) is 17.5 Å². The van der Waals surface area contributed by atoms with Crippen LogP contribution in [0.1, 0.15) is 83.5 Å². The van der Waals surface area contributed by atoms with Gasteiger partial charge < -0.3 is 4.90 Å². The molecule has 1 nitrogen and oxygen atoms in total. The summed E-state index contributed by atoms with van der Waals surface area (Å²) >= 11 is 0. The maximum Gasteiger partial charge on any atom is 0.123 e. The molecule has 0 unspecified atom stereocenters. The standard InChI is InChI=1S/C81H48F3N/c82-55-34-25-52-43-73(79(76(52)46-55)67-19-7-1-13-61(67)62-14-2-8-20-68(62)79)49-28-37-58(38-29-49)85(59-39-30-50(31-40-59)74-44-53-26-35-56(83)47-77(53)80(74)69-21-9-3-15-63(69)64-16-4-10-22-70(64)80)60-41-32-51(33-42-60)75-45-54-27-36-57(84)48-78(54)81(75)71-23-11-5-17-65(71)66-18-6-12-24-72(66)81/h1-48H. The number of anilines is 3. The van der Waals surface area contributed by atoms with Crippen molar-refractivity contribution in [2.24, 2.45) is 0 Å². The second-order valence-corrected chi connectivity index (χ2v) is 23.4. The van der Waals surface area contributed by atoms with Crippen LogP contribution in [0.5, 0.6) is 0 Å². The second kappa shape index (κ2) is 17.5. The molecule has 0 bridgehead atoms. The first-order valence-corrected chi connectivity index (χ1v) is 29.1. The lowest BCUT2D eigenvalue weighted by Crippen LogP contribution is -2.27. The van der Waals surface area contributed by atoms with Crippen LogP contribution in [0.4, 0.5) is 30.2 Å². The Morgan fingerprint density at radius 2 is 0.447 bits per heavy atom. The molecular formula is C81H48F3N. The first-order chi connectivity index (χ1) is 41.8. The van der Waals surface area contributed by atoms with Crippen molar-refractivity contribution in [2.75, 3.05) is 4.90 Å². The molecule has 0 aromatic heterocycles. The molecule has 0 atom stereocenters. The summed E-state index contributed by atoms with van der Waals surface area (Å²) in [4.78, 5) is 2.31. The highest BCUT2D eigenvalue weighted by atomic mass is 19.1. The van der Waals surface area contributed by atoms with Gasteiger partial charge in [-0.15, -0.1) is 0 Å². The van der Waals surface area contributed by atoms with Crippen molar-refractivity contribution < 1.29 is 13.2 Å². The highest BCUT2D eigenvalue weighted by molar-refractivity contribution is 6.08. The Morgan fingerprint density at radius 3 is 0.682 bits per heavy atom. The van der Waals surface area contributed by atoms with Gasteiger partial charge in [0.15, 0.2) is 0 Å². The van der Waals surface area contributed by atoms with Gasteiger partial charge in [0.05, 0.1) is 16.2 Å². The molecule has 0 N–H and O–H groups in total. The number of benzene rings is 12. The Bertz CT molecular complexity index is 4340. The van der Waals surface area contributed by atoms with E-state index in [1.54, 1.807) is 36.4 Å². The van der Waals surface area contributed by atoms with Gasteiger partial charge in [-0.2, -0.15) is 0 Å². The summed E-state index contributed by atoms with van der Waals surface area (Å²) in [5.74, 6) is -0.780. The molecule has 12 aromatic carbocycles. The monoisotopic (exact) mass is 1090 g/mol. The minimum Gasteiger partial charge on any atom is -0.311 e. The van der Waals surface area contributed by atoms with Crippen LogP contribution < -0.4 is 4.90 Å². The number of hydrogen-bond donors (Lipinski definition) is 0. The van der Waals surface area contributed by atoms with Crippen LogP contribution in [0, 0.1) is 17.5 Å². The number of allylic oxidation sites excluding steroid dienone is 3. The summed E-state index contributed by atoms with van der Waals surface area (Å²) in [5, 5.41) is 0. The molecule has 0 heterocycles. The van der Waals surface area contributed by atoms with Gasteiger partial charge >= 0.3 is 0 Å². The van der Waals surface area contributed by atoms with Crippen LogP contribution in [0.2, 0.25) is 0 Å². The van der Waals surface area contributed by atoms with E-state index < -0.39 is 16.2 Å². The number of halogens is 3. The van der Waals surface area contributed by atoms with Crippen molar-refractivity contribution in [3.05, 3.63) is 374 Å². The minimum absolute atomic E-state index is 0.260. The smallest absolute Gasteiger partial charge is 0.123 e. The molecule has 85 heavy (non-hydrogen) atoms. The number of nitrogens with zero attached hydrogens (tertiary/aromatic N) is 1. The Balaban J connectivity index is 0.794. The zero-order valence-corrected chi connectivity index (χ0v) is 45.8. The fraction of sp³-hybridized carbons (Fsp3) is 0.0370. The minimum atomic E-state index is -0.729. The number of fused-ring (bicyclic) bond motifs is 21. The Kier molecular flexibility index (Phi) is 9.88. The fourth-order valence-corrected chi connectivity index (χ4v) is 16.3. The average molecular weight is 1090 g/mol. The molecular weight excluding hydrogens is 1040 g/mol. The summed E-state index contributed by atoms with van der Waals surface area (Å²) in [5.41, 5.74) is 26.7. The number of rotatable bonds is 6. The molecule has 0 saturated carbocycles. The highest BCUT2D eigenvalue weighted by Gasteiger charge is 2.54. The van der Waals surface area contributed by atoms with E-state index in [0.29, 0.717) is 0 Å². The van der Waals surface area contributed by atoms with Crippen LogP contribution in [0.25, 0.3) is 68.3 Å². The summed E-state index contributed by atoms with van der Waals surface area (Å²) in [6.45, 7) is 0.